The fourth-order valence-electron chi connectivity index (χ4n) is 3.04. The molecule has 3 N–H and O–H groups in total. The molecule has 0 spiro atoms. The number of aromatic nitrogens is 2. The van der Waals surface area contributed by atoms with Crippen LogP contribution < -0.4 is 15.4 Å². The maximum absolute atomic E-state index is 13.1. The predicted molar refractivity (Wildman–Crippen MR) is 127 cm³/mol. The Kier molecular flexibility index (Phi) is 8.77. The van der Waals surface area contributed by atoms with Crippen molar-refractivity contribution in [2.45, 2.75) is 43.0 Å². The molecule has 8 nitrogen and oxygen atoms in total. The fraction of sp³-hybridized carbons (Fsp3) is 0.292. The lowest BCUT2D eigenvalue weighted by atomic mass is 10.0. The van der Waals surface area contributed by atoms with Gasteiger partial charge in [0, 0.05) is 4.90 Å². The monoisotopic (exact) mass is 468 g/mol. The Balaban J connectivity index is 1.65. The summed E-state index contributed by atoms with van der Waals surface area (Å²) < 4.78 is 10.4. The molecule has 1 heterocycles. The number of benzene rings is 2. The van der Waals surface area contributed by atoms with Crippen LogP contribution in [0.5, 0.6) is 5.88 Å². The van der Waals surface area contributed by atoms with Gasteiger partial charge in [-0.3, -0.25) is 4.79 Å². The van der Waals surface area contributed by atoms with Crippen LogP contribution in [0.25, 0.3) is 0 Å². The van der Waals surface area contributed by atoms with Crippen molar-refractivity contribution in [1.82, 2.24) is 15.3 Å². The van der Waals surface area contributed by atoms with Gasteiger partial charge in [0.15, 0.2) is 5.16 Å². The van der Waals surface area contributed by atoms with E-state index in [0.717, 1.165) is 10.5 Å². The van der Waals surface area contributed by atoms with Crippen molar-refractivity contribution >= 4 is 29.4 Å². The van der Waals surface area contributed by atoms with Crippen molar-refractivity contribution < 1.29 is 19.1 Å². The number of para-hydroxylation sites is 1. The van der Waals surface area contributed by atoms with Gasteiger partial charge >= 0.3 is 6.09 Å². The summed E-state index contributed by atoms with van der Waals surface area (Å²) in [5.41, 5.74) is 1.49. The number of rotatable bonds is 10. The Labute approximate surface area is 197 Å². The summed E-state index contributed by atoms with van der Waals surface area (Å²) in [6.45, 7) is 4.12. The minimum absolute atomic E-state index is 0.134. The van der Waals surface area contributed by atoms with Crippen molar-refractivity contribution in [1.29, 1.82) is 0 Å². The van der Waals surface area contributed by atoms with E-state index >= 15 is 0 Å². The molecule has 0 bridgehead atoms. The van der Waals surface area contributed by atoms with Crippen LogP contribution in [0.1, 0.15) is 25.8 Å². The van der Waals surface area contributed by atoms with Crippen molar-refractivity contribution in [2.75, 3.05) is 12.4 Å². The molecule has 3 aromatic rings. The summed E-state index contributed by atoms with van der Waals surface area (Å²) in [5, 5.41) is 6.27. The number of carbonyl (C=O) groups is 2. The highest BCUT2D eigenvalue weighted by atomic mass is 32.2. The van der Waals surface area contributed by atoms with E-state index < -0.39 is 12.1 Å². The number of alkyl carbamates (subject to hydrolysis) is 1. The van der Waals surface area contributed by atoms with Crippen LogP contribution in [0.2, 0.25) is 0 Å². The van der Waals surface area contributed by atoms with Crippen LogP contribution in [0, 0.1) is 5.92 Å². The van der Waals surface area contributed by atoms with E-state index in [1.54, 1.807) is 19.4 Å². The van der Waals surface area contributed by atoms with Crippen LogP contribution >= 0.6 is 11.8 Å². The lowest BCUT2D eigenvalue weighted by Crippen LogP contribution is -2.44. The zero-order valence-electron chi connectivity index (χ0n) is 18.8. The smallest absolute Gasteiger partial charge is 0.408 e. The zero-order chi connectivity index (χ0) is 23.6. The maximum Gasteiger partial charge on any atom is 0.408 e. The van der Waals surface area contributed by atoms with Crippen LogP contribution in [0.3, 0.4) is 0 Å². The molecule has 0 saturated carbocycles. The van der Waals surface area contributed by atoms with E-state index in [9.17, 15) is 9.59 Å². The minimum atomic E-state index is -0.741. The first-order valence-electron chi connectivity index (χ1n) is 10.6. The average Bonchev–Trinajstić information content (AvgIpc) is 3.26. The standard InChI is InChI=1S/C24H28N4O4S/c1-16(2)13-19(27-24(30)32-15-17-9-5-4-6-10-17)22(29)26-18-11-7-8-12-20(18)33-23-25-14-21(28-23)31-3/h4-12,14,16,19H,13,15H2,1-3H3,(H,25,28)(H,26,29)(H,27,30)/t19-/m0/s1. The highest BCUT2D eigenvalue weighted by Crippen LogP contribution is 2.32. The van der Waals surface area contributed by atoms with Gasteiger partial charge in [0.1, 0.15) is 12.6 Å². The number of amides is 2. The number of carbonyl (C=O) groups excluding carboxylic acids is 2. The third-order valence-electron chi connectivity index (χ3n) is 4.63. The summed E-state index contributed by atoms with van der Waals surface area (Å²) in [5.74, 6) is 0.426. The molecule has 174 valence electrons. The van der Waals surface area contributed by atoms with Gasteiger partial charge in [-0.2, -0.15) is 0 Å². The molecule has 0 saturated heterocycles. The lowest BCUT2D eigenvalue weighted by molar-refractivity contribution is -0.118. The van der Waals surface area contributed by atoms with E-state index in [1.165, 1.54) is 11.8 Å². The highest BCUT2D eigenvalue weighted by molar-refractivity contribution is 7.99. The summed E-state index contributed by atoms with van der Waals surface area (Å²) in [7, 11) is 1.56. The molecule has 0 aliphatic heterocycles. The van der Waals surface area contributed by atoms with Crippen LogP contribution in [-0.2, 0) is 16.1 Å². The number of aromatic amines is 1. The largest absolute Gasteiger partial charge is 0.481 e. The number of ether oxygens (including phenoxy) is 2. The number of imidazole rings is 1. The lowest BCUT2D eigenvalue weighted by Gasteiger charge is -2.20. The molecule has 0 unspecified atom stereocenters. The Morgan fingerprint density at radius 2 is 1.82 bits per heavy atom. The first kappa shape index (κ1) is 24.2. The van der Waals surface area contributed by atoms with E-state index in [2.05, 4.69) is 20.6 Å². The Bertz CT molecular complexity index is 1060. The third kappa shape index (κ3) is 7.57. The molecule has 3 rings (SSSR count). The van der Waals surface area contributed by atoms with Crippen molar-refractivity contribution in [3.8, 4) is 5.88 Å². The van der Waals surface area contributed by atoms with Crippen molar-refractivity contribution in [2.24, 2.45) is 5.92 Å². The van der Waals surface area contributed by atoms with Gasteiger partial charge in [0.05, 0.1) is 19.0 Å². The van der Waals surface area contributed by atoms with E-state index in [1.807, 2.05) is 62.4 Å². The average molecular weight is 469 g/mol. The Morgan fingerprint density at radius 3 is 2.52 bits per heavy atom. The SMILES string of the molecule is COc1cnc(Sc2ccccc2NC(=O)[C@H](CC(C)C)NC(=O)OCc2ccccc2)[nH]1. The second-order valence-electron chi connectivity index (χ2n) is 7.73. The number of hydrogen-bond acceptors (Lipinski definition) is 6. The zero-order valence-corrected chi connectivity index (χ0v) is 19.6. The predicted octanol–water partition coefficient (Wildman–Crippen LogP) is 4.85. The van der Waals surface area contributed by atoms with Gasteiger partial charge < -0.3 is 25.1 Å². The number of H-pyrrole nitrogens is 1. The fourth-order valence-corrected chi connectivity index (χ4v) is 3.88. The minimum Gasteiger partial charge on any atom is -0.481 e. The van der Waals surface area contributed by atoms with E-state index in [4.69, 9.17) is 9.47 Å². The van der Waals surface area contributed by atoms with Crippen molar-refractivity contribution in [3.05, 3.63) is 66.4 Å². The second kappa shape index (κ2) is 12.0. The number of nitrogens with one attached hydrogen (secondary N) is 3. The van der Waals surface area contributed by atoms with Crippen LogP contribution in [-0.4, -0.2) is 35.1 Å². The Hall–Kier alpha value is -3.46. The van der Waals surface area contributed by atoms with Gasteiger partial charge in [0.25, 0.3) is 0 Å². The van der Waals surface area contributed by atoms with Gasteiger partial charge in [-0.15, -0.1) is 0 Å². The van der Waals surface area contributed by atoms with E-state index in [0.29, 0.717) is 23.1 Å². The third-order valence-corrected chi connectivity index (χ3v) is 5.61. The molecular weight excluding hydrogens is 440 g/mol. The summed E-state index contributed by atoms with van der Waals surface area (Å²) in [6, 6.07) is 16.0. The normalized spacial score (nSPS) is 11.6. The van der Waals surface area contributed by atoms with Gasteiger partial charge in [-0.1, -0.05) is 56.3 Å². The molecule has 0 aliphatic rings. The van der Waals surface area contributed by atoms with Gasteiger partial charge in [0.2, 0.25) is 11.8 Å². The summed E-state index contributed by atoms with van der Waals surface area (Å²) in [4.78, 5) is 33.5. The van der Waals surface area contributed by atoms with Crippen LogP contribution in [0.4, 0.5) is 10.5 Å². The molecule has 1 aromatic heterocycles. The maximum atomic E-state index is 13.1. The second-order valence-corrected chi connectivity index (χ2v) is 8.76. The van der Waals surface area contributed by atoms with Gasteiger partial charge in [-0.25, -0.2) is 9.78 Å². The number of nitrogens with zero attached hydrogens (tertiary/aromatic N) is 1. The molecule has 0 fully saturated rings. The molecule has 33 heavy (non-hydrogen) atoms. The molecule has 9 heteroatoms. The first-order valence-corrected chi connectivity index (χ1v) is 11.4. The topological polar surface area (TPSA) is 105 Å². The quantitative estimate of drug-likeness (QED) is 0.393. The Morgan fingerprint density at radius 1 is 1.09 bits per heavy atom. The van der Waals surface area contributed by atoms with Crippen LogP contribution in [0.15, 0.2) is 70.8 Å². The van der Waals surface area contributed by atoms with E-state index in [-0.39, 0.29) is 18.4 Å². The van der Waals surface area contributed by atoms with Gasteiger partial charge in [-0.05, 0) is 41.8 Å². The first-order chi connectivity index (χ1) is 15.9. The summed E-state index contributed by atoms with van der Waals surface area (Å²) in [6.07, 6.45) is 1.43. The highest BCUT2D eigenvalue weighted by Gasteiger charge is 2.23. The number of methoxy groups -OCH3 is 1. The molecule has 0 aliphatic carbocycles. The molecular formula is C24H28N4O4S. The number of hydrogen-bond donors (Lipinski definition) is 3. The summed E-state index contributed by atoms with van der Waals surface area (Å²) >= 11 is 1.36. The molecule has 1 atom stereocenters. The number of anilines is 1. The van der Waals surface area contributed by atoms with Crippen molar-refractivity contribution in [3.63, 3.8) is 0 Å². The molecule has 2 amide bonds. The molecule has 0 radical (unpaired) electrons. The molecule has 2 aromatic carbocycles.